The molecule has 0 bridgehead atoms. The highest BCUT2D eigenvalue weighted by atomic mass is 32.1. The lowest BCUT2D eigenvalue weighted by Crippen LogP contribution is -1.96. The average molecular weight is 224 g/mol. The lowest BCUT2D eigenvalue weighted by atomic mass is 10.0. The molecule has 0 aliphatic heterocycles. The van der Waals surface area contributed by atoms with Gasteiger partial charge in [-0.1, -0.05) is 25.7 Å². The summed E-state index contributed by atoms with van der Waals surface area (Å²) < 4.78 is 0. The van der Waals surface area contributed by atoms with E-state index in [1.54, 1.807) is 0 Å². The molecule has 1 fully saturated rings. The molecule has 2 N–H and O–H groups in total. The Hall–Kier alpha value is -0.410. The van der Waals surface area contributed by atoms with Crippen molar-refractivity contribution in [3.63, 3.8) is 0 Å². The van der Waals surface area contributed by atoms with Crippen molar-refractivity contribution in [2.75, 3.05) is 0 Å². The molecule has 1 aliphatic carbocycles. The Balaban J connectivity index is 2.12. The molecule has 1 saturated carbocycles. The number of thiazole rings is 1. The van der Waals surface area contributed by atoms with Crippen molar-refractivity contribution >= 4 is 11.3 Å². The third-order valence-corrected chi connectivity index (χ3v) is 4.64. The molecule has 84 valence electrons. The zero-order valence-corrected chi connectivity index (χ0v) is 10.3. The highest BCUT2D eigenvalue weighted by Gasteiger charge is 2.18. The third-order valence-electron chi connectivity index (χ3n) is 3.30. The summed E-state index contributed by atoms with van der Waals surface area (Å²) in [6.07, 6.45) is 8.23. The molecule has 0 amide bonds. The Morgan fingerprint density at radius 1 is 1.27 bits per heavy atom. The molecule has 0 aromatic carbocycles. The average Bonchev–Trinajstić information content (AvgIpc) is 2.48. The first-order valence-electron chi connectivity index (χ1n) is 5.97. The Bertz CT molecular complexity index is 311. The molecule has 3 heteroatoms. The normalized spacial score (nSPS) is 19.1. The van der Waals surface area contributed by atoms with Crippen molar-refractivity contribution in [3.8, 4) is 0 Å². The van der Waals surface area contributed by atoms with E-state index in [9.17, 15) is 0 Å². The van der Waals surface area contributed by atoms with Gasteiger partial charge >= 0.3 is 0 Å². The second kappa shape index (κ2) is 5.08. The van der Waals surface area contributed by atoms with E-state index in [1.807, 2.05) is 11.3 Å². The second-order valence-corrected chi connectivity index (χ2v) is 5.57. The molecule has 2 nitrogen and oxygen atoms in total. The van der Waals surface area contributed by atoms with Crippen LogP contribution in [0.25, 0.3) is 0 Å². The standard InChI is InChI=1S/C12H20N2S/c1-9-11(8-13)15-12(14-9)10-6-4-2-3-5-7-10/h10H,2-8,13H2,1H3. The summed E-state index contributed by atoms with van der Waals surface area (Å²) >= 11 is 1.84. The van der Waals surface area contributed by atoms with E-state index < -0.39 is 0 Å². The van der Waals surface area contributed by atoms with Crippen molar-refractivity contribution in [3.05, 3.63) is 15.6 Å². The maximum absolute atomic E-state index is 5.69. The van der Waals surface area contributed by atoms with E-state index in [4.69, 9.17) is 5.73 Å². The predicted molar refractivity (Wildman–Crippen MR) is 65.2 cm³/mol. The SMILES string of the molecule is Cc1nc(C2CCCCCC2)sc1CN. The fourth-order valence-corrected chi connectivity index (χ4v) is 3.45. The van der Waals surface area contributed by atoms with Gasteiger partial charge in [0.25, 0.3) is 0 Å². The van der Waals surface area contributed by atoms with Crippen LogP contribution in [0.15, 0.2) is 0 Å². The molecular formula is C12H20N2S. The van der Waals surface area contributed by atoms with Crippen LogP contribution >= 0.6 is 11.3 Å². The van der Waals surface area contributed by atoms with Gasteiger partial charge in [-0.2, -0.15) is 0 Å². The van der Waals surface area contributed by atoms with Crippen molar-refractivity contribution < 1.29 is 0 Å². The maximum Gasteiger partial charge on any atom is 0.0962 e. The molecule has 2 rings (SSSR count). The number of rotatable bonds is 2. The molecule has 1 aliphatic rings. The molecule has 0 radical (unpaired) electrons. The fraction of sp³-hybridized carbons (Fsp3) is 0.750. The number of aromatic nitrogens is 1. The van der Waals surface area contributed by atoms with Crippen LogP contribution in [0.5, 0.6) is 0 Å². The summed E-state index contributed by atoms with van der Waals surface area (Å²) in [5, 5.41) is 1.34. The largest absolute Gasteiger partial charge is 0.326 e. The summed E-state index contributed by atoms with van der Waals surface area (Å²) in [5.41, 5.74) is 6.85. The molecule has 0 saturated heterocycles. The van der Waals surface area contributed by atoms with Gasteiger partial charge in [0.1, 0.15) is 0 Å². The lowest BCUT2D eigenvalue weighted by molar-refractivity contribution is 0.588. The quantitative estimate of drug-likeness (QED) is 0.782. The van der Waals surface area contributed by atoms with E-state index in [1.165, 1.54) is 48.4 Å². The van der Waals surface area contributed by atoms with E-state index in [0.717, 1.165) is 11.6 Å². The molecule has 0 spiro atoms. The van der Waals surface area contributed by atoms with Crippen molar-refractivity contribution in [1.29, 1.82) is 0 Å². The highest BCUT2D eigenvalue weighted by molar-refractivity contribution is 7.11. The molecule has 0 atom stereocenters. The molecule has 1 aromatic rings. The molecule has 0 unspecified atom stereocenters. The van der Waals surface area contributed by atoms with E-state index in [0.29, 0.717) is 6.54 Å². The van der Waals surface area contributed by atoms with Crippen LogP contribution in [-0.2, 0) is 6.54 Å². The minimum absolute atomic E-state index is 0.649. The Kier molecular flexibility index (Phi) is 3.76. The minimum atomic E-state index is 0.649. The highest BCUT2D eigenvalue weighted by Crippen LogP contribution is 2.34. The molecule has 1 aromatic heterocycles. The van der Waals surface area contributed by atoms with Gasteiger partial charge in [-0.15, -0.1) is 11.3 Å². The number of nitrogens with zero attached hydrogens (tertiary/aromatic N) is 1. The minimum Gasteiger partial charge on any atom is -0.326 e. The van der Waals surface area contributed by atoms with Crippen molar-refractivity contribution in [2.24, 2.45) is 5.73 Å². The lowest BCUT2D eigenvalue weighted by Gasteiger charge is -2.09. The van der Waals surface area contributed by atoms with E-state index >= 15 is 0 Å². The Morgan fingerprint density at radius 2 is 1.93 bits per heavy atom. The van der Waals surface area contributed by atoms with Crippen molar-refractivity contribution in [2.45, 2.75) is 57.9 Å². The van der Waals surface area contributed by atoms with Gasteiger partial charge in [-0.25, -0.2) is 4.98 Å². The number of aryl methyl sites for hydroxylation is 1. The smallest absolute Gasteiger partial charge is 0.0962 e. The number of hydrogen-bond acceptors (Lipinski definition) is 3. The summed E-state index contributed by atoms with van der Waals surface area (Å²) in [5.74, 6) is 0.719. The van der Waals surface area contributed by atoms with Crippen LogP contribution in [0.3, 0.4) is 0 Å². The predicted octanol–water partition coefficient (Wildman–Crippen LogP) is 3.35. The first-order chi connectivity index (χ1) is 7.31. The van der Waals surface area contributed by atoms with Crippen LogP contribution in [0, 0.1) is 6.92 Å². The third kappa shape index (κ3) is 2.58. The van der Waals surface area contributed by atoms with Gasteiger partial charge in [-0.3, -0.25) is 0 Å². The molecule has 1 heterocycles. The summed E-state index contributed by atoms with van der Waals surface area (Å²) in [6.45, 7) is 2.73. The van der Waals surface area contributed by atoms with Gasteiger partial charge in [0, 0.05) is 17.3 Å². The second-order valence-electron chi connectivity index (χ2n) is 4.45. The van der Waals surface area contributed by atoms with Crippen LogP contribution in [-0.4, -0.2) is 4.98 Å². The molecule has 15 heavy (non-hydrogen) atoms. The molecular weight excluding hydrogens is 204 g/mol. The Morgan fingerprint density at radius 3 is 2.47 bits per heavy atom. The summed E-state index contributed by atoms with van der Waals surface area (Å²) in [4.78, 5) is 5.96. The van der Waals surface area contributed by atoms with Gasteiger partial charge < -0.3 is 5.73 Å². The number of hydrogen-bond donors (Lipinski definition) is 1. The monoisotopic (exact) mass is 224 g/mol. The summed E-state index contributed by atoms with van der Waals surface area (Å²) in [7, 11) is 0. The van der Waals surface area contributed by atoms with Gasteiger partial charge in [0.15, 0.2) is 0 Å². The first-order valence-corrected chi connectivity index (χ1v) is 6.79. The zero-order chi connectivity index (χ0) is 10.7. The fourth-order valence-electron chi connectivity index (χ4n) is 2.34. The van der Waals surface area contributed by atoms with Crippen LogP contribution in [0.2, 0.25) is 0 Å². The van der Waals surface area contributed by atoms with Gasteiger partial charge in [0.2, 0.25) is 0 Å². The van der Waals surface area contributed by atoms with E-state index in [-0.39, 0.29) is 0 Å². The van der Waals surface area contributed by atoms with Crippen LogP contribution in [0.4, 0.5) is 0 Å². The Labute approximate surface area is 95.9 Å². The maximum atomic E-state index is 5.69. The topological polar surface area (TPSA) is 38.9 Å². The van der Waals surface area contributed by atoms with E-state index in [2.05, 4.69) is 11.9 Å². The first kappa shape index (κ1) is 11.1. The summed E-state index contributed by atoms with van der Waals surface area (Å²) in [6, 6.07) is 0. The van der Waals surface area contributed by atoms with Gasteiger partial charge in [-0.05, 0) is 19.8 Å². The number of nitrogens with two attached hydrogens (primary N) is 1. The van der Waals surface area contributed by atoms with Crippen LogP contribution in [0.1, 0.15) is 60.0 Å². The van der Waals surface area contributed by atoms with Crippen molar-refractivity contribution in [1.82, 2.24) is 4.98 Å². The van der Waals surface area contributed by atoms with Gasteiger partial charge in [0.05, 0.1) is 10.7 Å². The zero-order valence-electron chi connectivity index (χ0n) is 9.46. The van der Waals surface area contributed by atoms with Crippen LogP contribution < -0.4 is 5.73 Å².